The monoisotopic (exact) mass is 265 g/mol. The van der Waals surface area contributed by atoms with Crippen molar-refractivity contribution < 1.29 is 4.79 Å². The summed E-state index contributed by atoms with van der Waals surface area (Å²) in [4.78, 5) is 16.0. The Morgan fingerprint density at radius 3 is 2.78 bits per heavy atom. The van der Waals surface area contributed by atoms with Gasteiger partial charge in [0.2, 0.25) is 0 Å². The number of urea groups is 1. The van der Waals surface area contributed by atoms with Crippen molar-refractivity contribution in [3.8, 4) is 0 Å². The zero-order chi connectivity index (χ0) is 13.1. The maximum atomic E-state index is 11.7. The molecule has 0 aromatic carbocycles. The average Bonchev–Trinajstić information content (AvgIpc) is 2.87. The van der Waals surface area contributed by atoms with Crippen LogP contribution in [-0.4, -0.2) is 21.2 Å². The number of anilines is 1. The summed E-state index contributed by atoms with van der Waals surface area (Å²) in [5.41, 5.74) is 3.20. The summed E-state index contributed by atoms with van der Waals surface area (Å²) in [5, 5.41) is 15.3. The van der Waals surface area contributed by atoms with Crippen molar-refractivity contribution in [2.45, 2.75) is 27.3 Å². The lowest BCUT2D eigenvalue weighted by atomic mass is 10.3. The van der Waals surface area contributed by atoms with Gasteiger partial charge in [0.15, 0.2) is 0 Å². The molecule has 18 heavy (non-hydrogen) atoms. The molecule has 0 aliphatic rings. The van der Waals surface area contributed by atoms with Gasteiger partial charge in [-0.3, -0.25) is 5.10 Å². The van der Waals surface area contributed by atoms with Gasteiger partial charge < -0.3 is 10.6 Å². The van der Waals surface area contributed by atoms with E-state index in [2.05, 4.69) is 25.8 Å². The average molecular weight is 265 g/mol. The van der Waals surface area contributed by atoms with Crippen molar-refractivity contribution in [1.29, 1.82) is 0 Å². The molecule has 2 rings (SSSR count). The highest BCUT2D eigenvalue weighted by atomic mass is 32.1. The number of hydrogen-bond donors (Lipinski definition) is 3. The third kappa shape index (κ3) is 2.86. The summed E-state index contributed by atoms with van der Waals surface area (Å²) in [5.74, 6) is 0. The second-order valence-corrected chi connectivity index (χ2v) is 5.04. The standard InChI is InChI=1S/C11H15N5OS/c1-6-10(7(2)16-15-6)14-11(17)12-4-9-5-18-8(3)13-9/h5H,4H2,1-3H3,(H,15,16)(H2,12,14,17). The van der Waals surface area contributed by atoms with Crippen LogP contribution >= 0.6 is 11.3 Å². The molecule has 96 valence electrons. The normalized spacial score (nSPS) is 10.4. The summed E-state index contributed by atoms with van der Waals surface area (Å²) < 4.78 is 0. The third-order valence-corrected chi connectivity index (χ3v) is 3.29. The molecule has 0 saturated carbocycles. The molecule has 2 amide bonds. The van der Waals surface area contributed by atoms with Crippen LogP contribution in [0.1, 0.15) is 22.1 Å². The van der Waals surface area contributed by atoms with Crippen molar-refractivity contribution >= 4 is 23.1 Å². The number of H-pyrrole nitrogens is 1. The molecule has 3 N–H and O–H groups in total. The molecule has 0 saturated heterocycles. The van der Waals surface area contributed by atoms with Crippen LogP contribution in [0.5, 0.6) is 0 Å². The number of carbonyl (C=O) groups is 1. The summed E-state index contributed by atoms with van der Waals surface area (Å²) in [6, 6.07) is -0.256. The zero-order valence-corrected chi connectivity index (χ0v) is 11.3. The summed E-state index contributed by atoms with van der Waals surface area (Å²) in [6.07, 6.45) is 0. The first-order valence-corrected chi connectivity index (χ1v) is 6.41. The maximum absolute atomic E-state index is 11.7. The molecule has 0 bridgehead atoms. The number of thiazole rings is 1. The van der Waals surface area contributed by atoms with Crippen LogP contribution in [0.4, 0.5) is 10.5 Å². The molecule has 2 aromatic heterocycles. The van der Waals surface area contributed by atoms with E-state index >= 15 is 0 Å². The number of aromatic amines is 1. The van der Waals surface area contributed by atoms with E-state index in [-0.39, 0.29) is 6.03 Å². The van der Waals surface area contributed by atoms with E-state index in [1.165, 1.54) is 0 Å². The van der Waals surface area contributed by atoms with E-state index in [1.54, 1.807) is 11.3 Å². The predicted octanol–water partition coefficient (Wildman–Crippen LogP) is 2.11. The second-order valence-electron chi connectivity index (χ2n) is 3.97. The highest BCUT2D eigenvalue weighted by Gasteiger charge is 2.10. The lowest BCUT2D eigenvalue weighted by Crippen LogP contribution is -2.28. The lowest BCUT2D eigenvalue weighted by molar-refractivity contribution is 0.251. The van der Waals surface area contributed by atoms with Crippen LogP contribution in [0.25, 0.3) is 0 Å². The summed E-state index contributed by atoms with van der Waals surface area (Å²) in [6.45, 7) is 6.06. The first-order chi connectivity index (χ1) is 8.56. The van der Waals surface area contributed by atoms with Crippen LogP contribution in [0.15, 0.2) is 5.38 Å². The first kappa shape index (κ1) is 12.6. The molecule has 0 spiro atoms. The fourth-order valence-corrected chi connectivity index (χ4v) is 2.17. The van der Waals surface area contributed by atoms with Crippen LogP contribution in [0.3, 0.4) is 0 Å². The third-order valence-electron chi connectivity index (χ3n) is 2.46. The van der Waals surface area contributed by atoms with Gasteiger partial charge in [-0.15, -0.1) is 11.3 Å². The summed E-state index contributed by atoms with van der Waals surface area (Å²) >= 11 is 1.57. The molecule has 2 heterocycles. The van der Waals surface area contributed by atoms with Gasteiger partial charge in [-0.25, -0.2) is 9.78 Å². The molecular formula is C11H15N5OS. The zero-order valence-electron chi connectivity index (χ0n) is 10.5. The number of hydrogen-bond acceptors (Lipinski definition) is 4. The lowest BCUT2D eigenvalue weighted by Gasteiger charge is -2.06. The van der Waals surface area contributed by atoms with E-state index in [0.29, 0.717) is 6.54 Å². The fraction of sp³-hybridized carbons (Fsp3) is 0.364. The number of aromatic nitrogens is 3. The molecule has 0 radical (unpaired) electrons. The van der Waals surface area contributed by atoms with Crippen LogP contribution in [0.2, 0.25) is 0 Å². The van der Waals surface area contributed by atoms with Crippen LogP contribution < -0.4 is 10.6 Å². The Bertz CT molecular complexity index is 540. The molecule has 0 atom stereocenters. The SMILES string of the molecule is Cc1nc(CNC(=O)Nc2c(C)n[nH]c2C)cs1. The van der Waals surface area contributed by atoms with Gasteiger partial charge in [0.25, 0.3) is 0 Å². The summed E-state index contributed by atoms with van der Waals surface area (Å²) in [7, 11) is 0. The minimum Gasteiger partial charge on any atom is -0.332 e. The van der Waals surface area contributed by atoms with Crippen LogP contribution in [-0.2, 0) is 6.54 Å². The molecule has 0 aliphatic heterocycles. The van der Waals surface area contributed by atoms with Crippen molar-refractivity contribution in [1.82, 2.24) is 20.5 Å². The van der Waals surface area contributed by atoms with E-state index in [1.807, 2.05) is 26.2 Å². The molecule has 6 nitrogen and oxygen atoms in total. The fourth-order valence-electron chi connectivity index (χ4n) is 1.55. The quantitative estimate of drug-likeness (QED) is 0.795. The topological polar surface area (TPSA) is 82.7 Å². The number of rotatable bonds is 3. The highest BCUT2D eigenvalue weighted by molar-refractivity contribution is 7.09. The first-order valence-electron chi connectivity index (χ1n) is 5.53. The van der Waals surface area contributed by atoms with Crippen LogP contribution in [0, 0.1) is 20.8 Å². The smallest absolute Gasteiger partial charge is 0.319 e. The Balaban J connectivity index is 1.89. The largest absolute Gasteiger partial charge is 0.332 e. The van der Waals surface area contributed by atoms with E-state index in [4.69, 9.17) is 0 Å². The van der Waals surface area contributed by atoms with E-state index < -0.39 is 0 Å². The Hall–Kier alpha value is -1.89. The molecule has 0 fully saturated rings. The maximum Gasteiger partial charge on any atom is 0.319 e. The Labute approximate surface area is 109 Å². The minimum atomic E-state index is -0.256. The molecular weight excluding hydrogens is 250 g/mol. The van der Waals surface area contributed by atoms with Crippen molar-refractivity contribution in [3.63, 3.8) is 0 Å². The molecule has 0 unspecified atom stereocenters. The van der Waals surface area contributed by atoms with Crippen molar-refractivity contribution in [2.24, 2.45) is 0 Å². The molecule has 7 heteroatoms. The number of nitrogens with one attached hydrogen (secondary N) is 3. The van der Waals surface area contributed by atoms with Crippen molar-refractivity contribution in [3.05, 3.63) is 27.5 Å². The molecule has 0 aliphatic carbocycles. The minimum absolute atomic E-state index is 0.256. The van der Waals surface area contributed by atoms with Gasteiger partial charge in [-0.1, -0.05) is 0 Å². The van der Waals surface area contributed by atoms with E-state index in [0.717, 1.165) is 27.8 Å². The number of nitrogens with zero attached hydrogens (tertiary/aromatic N) is 2. The van der Waals surface area contributed by atoms with Gasteiger partial charge in [0.05, 0.1) is 34.3 Å². The number of amides is 2. The Kier molecular flexibility index (Phi) is 3.61. The van der Waals surface area contributed by atoms with Gasteiger partial charge in [-0.05, 0) is 20.8 Å². The number of carbonyl (C=O) groups excluding carboxylic acids is 1. The molecule has 2 aromatic rings. The van der Waals surface area contributed by atoms with Gasteiger partial charge in [0, 0.05) is 5.38 Å². The van der Waals surface area contributed by atoms with Gasteiger partial charge >= 0.3 is 6.03 Å². The van der Waals surface area contributed by atoms with Crippen molar-refractivity contribution in [2.75, 3.05) is 5.32 Å². The second kappa shape index (κ2) is 5.18. The predicted molar refractivity (Wildman–Crippen MR) is 70.8 cm³/mol. The highest BCUT2D eigenvalue weighted by Crippen LogP contribution is 2.15. The Morgan fingerprint density at radius 1 is 1.44 bits per heavy atom. The van der Waals surface area contributed by atoms with E-state index in [9.17, 15) is 4.79 Å². The number of aryl methyl sites for hydroxylation is 3. The van der Waals surface area contributed by atoms with Gasteiger partial charge in [0.1, 0.15) is 0 Å². The Morgan fingerprint density at radius 2 is 2.22 bits per heavy atom. The van der Waals surface area contributed by atoms with Gasteiger partial charge in [-0.2, -0.15) is 5.10 Å².